The molecule has 1 heterocycles. The van der Waals surface area contributed by atoms with Crippen molar-refractivity contribution in [1.29, 1.82) is 0 Å². The second kappa shape index (κ2) is 9.97. The zero-order chi connectivity index (χ0) is 27.3. The van der Waals surface area contributed by atoms with Gasteiger partial charge in [0.15, 0.2) is 0 Å². The maximum Gasteiger partial charge on any atom is 0.0328 e. The van der Waals surface area contributed by atoms with E-state index < -0.39 is 0 Å². The molecular weight excluding hydrogens is 482 g/mol. The van der Waals surface area contributed by atoms with Crippen LogP contribution in [-0.2, 0) is 6.42 Å². The van der Waals surface area contributed by atoms with Gasteiger partial charge in [-0.3, -0.25) is 0 Å². The maximum atomic E-state index is 3.36. The molecule has 0 fully saturated rings. The Kier molecular flexibility index (Phi) is 6.27. The summed E-state index contributed by atoms with van der Waals surface area (Å²) in [5, 5.41) is 6.22. The molecule has 2 unspecified atom stereocenters. The van der Waals surface area contributed by atoms with Crippen molar-refractivity contribution in [2.75, 3.05) is 6.54 Å². The number of nitrogens with one attached hydrogen (secondary N) is 1. The highest BCUT2D eigenvalue weighted by Crippen LogP contribution is 2.45. The van der Waals surface area contributed by atoms with Crippen LogP contribution in [0.15, 0.2) is 114 Å². The Morgan fingerprint density at radius 3 is 2.15 bits per heavy atom. The standard InChI is InChI=1S/C39H39N/c1-39(2,3)32-20-18-27(19-21-32)37-33-10-4-6-12-35(33)38(36-13-7-5-11-34(36)37)29-17-15-26-14-16-28(23-31(26)24-29)30-9-8-22-40-25-30/h4-14,16,18,20,23-25,33,35,40H,15,17,19,21-22H2,1-3H3. The highest BCUT2D eigenvalue weighted by Gasteiger charge is 2.34. The SMILES string of the molecule is CC(C)(C)C1=CC=C(C2=c3ccccc3=C(C3=Cc4cc(C5=CNCC=C5)ccc4CC3)C3C=CC=CC23)CC1. The van der Waals surface area contributed by atoms with Crippen LogP contribution in [0.4, 0.5) is 0 Å². The Labute approximate surface area is 239 Å². The molecule has 0 saturated carbocycles. The molecular formula is C39H39N. The predicted molar refractivity (Wildman–Crippen MR) is 170 cm³/mol. The monoisotopic (exact) mass is 521 g/mol. The van der Waals surface area contributed by atoms with Gasteiger partial charge in [0.2, 0.25) is 0 Å². The molecule has 0 bridgehead atoms. The lowest BCUT2D eigenvalue weighted by molar-refractivity contribution is 0.480. The Hall–Kier alpha value is -3.84. The first-order valence-electron chi connectivity index (χ1n) is 15.0. The number of fused-ring (bicyclic) bond motifs is 3. The lowest BCUT2D eigenvalue weighted by Crippen LogP contribution is -2.41. The molecule has 200 valence electrons. The van der Waals surface area contributed by atoms with Crippen LogP contribution >= 0.6 is 0 Å². The number of dihydropyridines is 1. The Bertz CT molecular complexity index is 1720. The van der Waals surface area contributed by atoms with Crippen molar-refractivity contribution < 1.29 is 0 Å². The molecule has 2 aromatic rings. The number of hydrogen-bond donors (Lipinski definition) is 1. The van der Waals surface area contributed by atoms with Gasteiger partial charge in [0.05, 0.1) is 0 Å². The van der Waals surface area contributed by atoms with E-state index in [9.17, 15) is 0 Å². The molecule has 5 aliphatic rings. The van der Waals surface area contributed by atoms with E-state index in [-0.39, 0.29) is 5.41 Å². The summed E-state index contributed by atoms with van der Waals surface area (Å²) in [6.45, 7) is 7.92. The van der Waals surface area contributed by atoms with E-state index in [0.29, 0.717) is 11.8 Å². The second-order valence-corrected chi connectivity index (χ2v) is 12.8. The summed E-state index contributed by atoms with van der Waals surface area (Å²) in [5.74, 6) is 0.746. The molecule has 7 rings (SSSR count). The first-order valence-corrected chi connectivity index (χ1v) is 15.0. The minimum Gasteiger partial charge on any atom is -0.387 e. The summed E-state index contributed by atoms with van der Waals surface area (Å²) >= 11 is 0. The average molecular weight is 522 g/mol. The molecule has 2 aromatic carbocycles. The fraction of sp³-hybridized carbons (Fsp3) is 0.282. The topological polar surface area (TPSA) is 12.0 Å². The molecule has 0 amide bonds. The van der Waals surface area contributed by atoms with E-state index in [1.54, 1.807) is 5.57 Å². The molecule has 1 nitrogen and oxygen atoms in total. The lowest BCUT2D eigenvalue weighted by Gasteiger charge is -2.36. The normalized spacial score (nSPS) is 23.3. The van der Waals surface area contributed by atoms with Crippen molar-refractivity contribution in [3.63, 3.8) is 0 Å². The number of aryl methyl sites for hydroxylation is 1. The second-order valence-electron chi connectivity index (χ2n) is 12.8. The van der Waals surface area contributed by atoms with E-state index >= 15 is 0 Å². The molecule has 0 saturated heterocycles. The van der Waals surface area contributed by atoms with E-state index in [1.165, 1.54) is 55.0 Å². The number of benzene rings is 2. The van der Waals surface area contributed by atoms with Gasteiger partial charge in [-0.1, -0.05) is 117 Å². The zero-order valence-corrected chi connectivity index (χ0v) is 24.0. The van der Waals surface area contributed by atoms with E-state index in [4.69, 9.17) is 0 Å². The van der Waals surface area contributed by atoms with Crippen LogP contribution in [0, 0.1) is 17.3 Å². The van der Waals surface area contributed by atoms with Gasteiger partial charge < -0.3 is 5.32 Å². The minimum atomic E-state index is 0.234. The zero-order valence-electron chi connectivity index (χ0n) is 24.0. The largest absolute Gasteiger partial charge is 0.387 e. The molecule has 0 aromatic heterocycles. The van der Waals surface area contributed by atoms with E-state index in [1.807, 2.05) is 0 Å². The first kappa shape index (κ1) is 25.1. The molecule has 1 N–H and O–H groups in total. The van der Waals surface area contributed by atoms with Gasteiger partial charge in [-0.05, 0) is 92.2 Å². The molecule has 1 heteroatoms. The lowest BCUT2D eigenvalue weighted by atomic mass is 9.67. The fourth-order valence-electron chi connectivity index (χ4n) is 7.26. The van der Waals surface area contributed by atoms with Crippen molar-refractivity contribution >= 4 is 22.8 Å². The van der Waals surface area contributed by atoms with Crippen molar-refractivity contribution in [2.45, 2.75) is 46.5 Å². The highest BCUT2D eigenvalue weighted by atomic mass is 14.8. The van der Waals surface area contributed by atoms with Crippen LogP contribution in [0.2, 0.25) is 0 Å². The third-order valence-electron chi connectivity index (χ3n) is 9.38. The Morgan fingerprint density at radius 2 is 1.50 bits per heavy atom. The summed E-state index contributed by atoms with van der Waals surface area (Å²) in [4.78, 5) is 0. The van der Waals surface area contributed by atoms with Crippen molar-refractivity contribution in [3.8, 4) is 0 Å². The third-order valence-corrected chi connectivity index (χ3v) is 9.38. The quantitative estimate of drug-likeness (QED) is 0.439. The summed E-state index contributed by atoms with van der Waals surface area (Å²) in [7, 11) is 0. The molecule has 40 heavy (non-hydrogen) atoms. The number of rotatable bonds is 3. The molecule has 1 aliphatic heterocycles. The first-order chi connectivity index (χ1) is 19.5. The van der Waals surface area contributed by atoms with Crippen LogP contribution in [0.25, 0.3) is 22.8 Å². The van der Waals surface area contributed by atoms with Gasteiger partial charge >= 0.3 is 0 Å². The summed E-state index contributed by atoms with van der Waals surface area (Å²) < 4.78 is 0. The Balaban J connectivity index is 1.40. The van der Waals surface area contributed by atoms with Crippen LogP contribution in [-0.4, -0.2) is 6.54 Å². The number of hydrogen-bond acceptors (Lipinski definition) is 1. The van der Waals surface area contributed by atoms with Crippen LogP contribution < -0.4 is 15.8 Å². The summed E-state index contributed by atoms with van der Waals surface area (Å²) in [6.07, 6.45) is 27.9. The Morgan fingerprint density at radius 1 is 0.775 bits per heavy atom. The molecule has 2 atom stereocenters. The predicted octanol–water partition coefficient (Wildman–Crippen LogP) is 7.58. The van der Waals surface area contributed by atoms with Crippen molar-refractivity contribution in [2.24, 2.45) is 17.3 Å². The minimum absolute atomic E-state index is 0.234. The maximum absolute atomic E-state index is 3.36. The molecule has 4 aliphatic carbocycles. The molecule has 0 spiro atoms. The van der Waals surface area contributed by atoms with Gasteiger partial charge in [0.25, 0.3) is 0 Å². The van der Waals surface area contributed by atoms with Gasteiger partial charge in [0.1, 0.15) is 0 Å². The van der Waals surface area contributed by atoms with Gasteiger partial charge in [-0.15, -0.1) is 0 Å². The van der Waals surface area contributed by atoms with Gasteiger partial charge in [-0.2, -0.15) is 0 Å². The summed E-state index contributed by atoms with van der Waals surface area (Å²) in [5.41, 5.74) is 13.3. The van der Waals surface area contributed by atoms with Crippen LogP contribution in [0.5, 0.6) is 0 Å². The summed E-state index contributed by atoms with van der Waals surface area (Å²) in [6, 6.07) is 16.2. The van der Waals surface area contributed by atoms with Crippen molar-refractivity contribution in [1.82, 2.24) is 5.32 Å². The average Bonchev–Trinajstić information content (AvgIpc) is 2.99. The van der Waals surface area contributed by atoms with Gasteiger partial charge in [-0.25, -0.2) is 0 Å². The third kappa shape index (κ3) is 4.42. The van der Waals surface area contributed by atoms with Crippen molar-refractivity contribution in [3.05, 3.63) is 141 Å². The number of allylic oxidation sites excluding steroid dienone is 11. The van der Waals surface area contributed by atoms with Crippen LogP contribution in [0.3, 0.4) is 0 Å². The fourth-order valence-corrected chi connectivity index (χ4v) is 7.26. The molecule has 0 radical (unpaired) electrons. The van der Waals surface area contributed by atoms with Gasteiger partial charge in [0, 0.05) is 24.6 Å². The van der Waals surface area contributed by atoms with E-state index in [0.717, 1.165) is 32.2 Å². The van der Waals surface area contributed by atoms with E-state index in [2.05, 4.69) is 129 Å². The van der Waals surface area contributed by atoms with Crippen LogP contribution in [0.1, 0.15) is 56.7 Å². The highest BCUT2D eigenvalue weighted by molar-refractivity contribution is 5.86. The smallest absolute Gasteiger partial charge is 0.0328 e.